The molecule has 0 amide bonds. The number of aromatic amines is 1. The van der Waals surface area contributed by atoms with Crippen LogP contribution in [0.25, 0.3) is 16.5 Å². The minimum Gasteiger partial charge on any atom is -0.355 e. The van der Waals surface area contributed by atoms with Crippen LogP contribution in [0.1, 0.15) is 12.1 Å². The van der Waals surface area contributed by atoms with Gasteiger partial charge >= 0.3 is 0 Å². The molecule has 14 heavy (non-hydrogen) atoms. The molecule has 1 heterocycles. The average molecular weight is 186 g/mol. The molecule has 0 spiro atoms. The summed E-state index contributed by atoms with van der Waals surface area (Å²) in [5.41, 5.74) is 8.81. The molecule has 2 heteroatoms. The van der Waals surface area contributed by atoms with Gasteiger partial charge in [-0.2, -0.15) is 0 Å². The molecular weight excluding hydrogens is 172 g/mol. The maximum Gasteiger partial charge on any atom is 0.0458 e. The lowest BCUT2D eigenvalue weighted by Gasteiger charge is -1.98. The number of aromatic nitrogens is 1. The molecule has 0 saturated carbocycles. The van der Waals surface area contributed by atoms with E-state index in [1.165, 1.54) is 5.39 Å². The first-order valence-electron chi connectivity index (χ1n) is 4.77. The summed E-state index contributed by atoms with van der Waals surface area (Å²) in [7, 11) is 0. The standard InChI is InChI=1S/C12H14N2/c1-9(6-7-13)12-8-10-4-2-3-5-11(10)14-12/h2-5,8,14H,1,6-7,13H2. The van der Waals surface area contributed by atoms with Crippen molar-refractivity contribution in [3.8, 4) is 0 Å². The van der Waals surface area contributed by atoms with Crippen LogP contribution in [0.3, 0.4) is 0 Å². The van der Waals surface area contributed by atoms with Crippen LogP contribution in [0.4, 0.5) is 0 Å². The Bertz CT molecular complexity index is 421. The van der Waals surface area contributed by atoms with Crippen LogP contribution in [-0.2, 0) is 0 Å². The Balaban J connectivity index is 2.40. The van der Waals surface area contributed by atoms with E-state index >= 15 is 0 Å². The highest BCUT2D eigenvalue weighted by Crippen LogP contribution is 2.20. The number of hydrogen-bond acceptors (Lipinski definition) is 1. The summed E-state index contributed by atoms with van der Waals surface area (Å²) < 4.78 is 0. The van der Waals surface area contributed by atoms with Crippen LogP contribution in [0.5, 0.6) is 0 Å². The maximum absolute atomic E-state index is 5.49. The van der Waals surface area contributed by atoms with Crippen LogP contribution in [0, 0.1) is 0 Å². The van der Waals surface area contributed by atoms with E-state index in [1.54, 1.807) is 0 Å². The van der Waals surface area contributed by atoms with Crippen LogP contribution >= 0.6 is 0 Å². The molecule has 0 aliphatic rings. The highest BCUT2D eigenvalue weighted by Gasteiger charge is 2.02. The molecule has 72 valence electrons. The van der Waals surface area contributed by atoms with Gasteiger partial charge in [-0.1, -0.05) is 24.8 Å². The highest BCUT2D eigenvalue weighted by atomic mass is 14.7. The number of fused-ring (bicyclic) bond motifs is 1. The van der Waals surface area contributed by atoms with Crippen molar-refractivity contribution in [2.75, 3.05) is 6.54 Å². The van der Waals surface area contributed by atoms with Crippen LogP contribution in [-0.4, -0.2) is 11.5 Å². The molecule has 0 unspecified atom stereocenters. The lowest BCUT2D eigenvalue weighted by molar-refractivity contribution is 1.02. The summed E-state index contributed by atoms with van der Waals surface area (Å²) in [6.45, 7) is 4.65. The first-order valence-corrected chi connectivity index (χ1v) is 4.77. The van der Waals surface area contributed by atoms with E-state index in [0.29, 0.717) is 6.54 Å². The summed E-state index contributed by atoms with van der Waals surface area (Å²) in [6, 6.07) is 10.3. The number of para-hydroxylation sites is 1. The minimum atomic E-state index is 0.647. The van der Waals surface area contributed by atoms with Crippen LogP contribution < -0.4 is 5.73 Å². The topological polar surface area (TPSA) is 41.8 Å². The van der Waals surface area contributed by atoms with Gasteiger partial charge in [-0.15, -0.1) is 0 Å². The summed E-state index contributed by atoms with van der Waals surface area (Å²) in [5.74, 6) is 0. The molecular formula is C12H14N2. The molecule has 0 aliphatic carbocycles. The van der Waals surface area contributed by atoms with Crippen LogP contribution in [0.15, 0.2) is 36.9 Å². The molecule has 1 aromatic heterocycles. The number of hydrogen-bond donors (Lipinski definition) is 2. The minimum absolute atomic E-state index is 0.647. The summed E-state index contributed by atoms with van der Waals surface area (Å²) in [4.78, 5) is 3.33. The van der Waals surface area contributed by atoms with Crippen molar-refractivity contribution in [2.24, 2.45) is 5.73 Å². The van der Waals surface area contributed by atoms with Gasteiger partial charge in [-0.25, -0.2) is 0 Å². The lowest BCUT2D eigenvalue weighted by Crippen LogP contribution is -1.99. The molecule has 2 nitrogen and oxygen atoms in total. The first-order chi connectivity index (χ1) is 6.81. The predicted octanol–water partition coefficient (Wildman–Crippen LogP) is 2.53. The Morgan fingerprint density at radius 3 is 2.86 bits per heavy atom. The molecule has 0 bridgehead atoms. The average Bonchev–Trinajstić information content (AvgIpc) is 2.61. The van der Waals surface area contributed by atoms with Crippen molar-refractivity contribution < 1.29 is 0 Å². The van der Waals surface area contributed by atoms with Gasteiger partial charge in [-0.05, 0) is 36.1 Å². The van der Waals surface area contributed by atoms with E-state index in [1.807, 2.05) is 12.1 Å². The van der Waals surface area contributed by atoms with Crippen LogP contribution in [0.2, 0.25) is 0 Å². The number of rotatable bonds is 3. The van der Waals surface area contributed by atoms with Crippen molar-refractivity contribution in [2.45, 2.75) is 6.42 Å². The molecule has 0 fully saturated rings. The fourth-order valence-electron chi connectivity index (χ4n) is 1.57. The van der Waals surface area contributed by atoms with E-state index in [0.717, 1.165) is 23.2 Å². The van der Waals surface area contributed by atoms with Crippen molar-refractivity contribution >= 4 is 16.5 Å². The first kappa shape index (κ1) is 9.03. The molecule has 0 radical (unpaired) electrons. The molecule has 2 rings (SSSR count). The second-order valence-corrected chi connectivity index (χ2v) is 3.41. The Hall–Kier alpha value is -1.54. The zero-order valence-electron chi connectivity index (χ0n) is 8.09. The molecule has 1 aromatic carbocycles. The third-order valence-corrected chi connectivity index (χ3v) is 2.36. The largest absolute Gasteiger partial charge is 0.355 e. The zero-order valence-corrected chi connectivity index (χ0v) is 8.09. The summed E-state index contributed by atoms with van der Waals surface area (Å²) >= 11 is 0. The Labute approximate surface area is 83.4 Å². The van der Waals surface area contributed by atoms with E-state index < -0.39 is 0 Å². The second-order valence-electron chi connectivity index (χ2n) is 3.41. The molecule has 0 aliphatic heterocycles. The van der Waals surface area contributed by atoms with Gasteiger partial charge in [0.25, 0.3) is 0 Å². The van der Waals surface area contributed by atoms with Crippen molar-refractivity contribution in [1.29, 1.82) is 0 Å². The number of nitrogens with one attached hydrogen (secondary N) is 1. The van der Waals surface area contributed by atoms with E-state index in [9.17, 15) is 0 Å². The summed E-state index contributed by atoms with van der Waals surface area (Å²) in [6.07, 6.45) is 0.840. The molecule has 3 N–H and O–H groups in total. The van der Waals surface area contributed by atoms with Gasteiger partial charge in [0.05, 0.1) is 0 Å². The summed E-state index contributed by atoms with van der Waals surface area (Å²) in [5, 5.41) is 1.22. The second kappa shape index (κ2) is 3.68. The normalized spacial score (nSPS) is 10.6. The van der Waals surface area contributed by atoms with Gasteiger partial charge in [0, 0.05) is 11.2 Å². The van der Waals surface area contributed by atoms with E-state index in [4.69, 9.17) is 5.73 Å². The Kier molecular flexibility index (Phi) is 2.37. The van der Waals surface area contributed by atoms with Gasteiger partial charge in [0.2, 0.25) is 0 Å². The molecule has 2 aromatic rings. The monoisotopic (exact) mass is 186 g/mol. The third-order valence-electron chi connectivity index (χ3n) is 2.36. The van der Waals surface area contributed by atoms with Gasteiger partial charge in [-0.3, -0.25) is 0 Å². The number of benzene rings is 1. The smallest absolute Gasteiger partial charge is 0.0458 e. The van der Waals surface area contributed by atoms with Gasteiger partial charge in [0.15, 0.2) is 0 Å². The Morgan fingerprint density at radius 1 is 1.36 bits per heavy atom. The van der Waals surface area contributed by atoms with Crippen molar-refractivity contribution in [3.63, 3.8) is 0 Å². The molecule has 0 atom stereocenters. The van der Waals surface area contributed by atoms with E-state index in [2.05, 4.69) is 29.8 Å². The fourth-order valence-corrected chi connectivity index (χ4v) is 1.57. The van der Waals surface area contributed by atoms with Gasteiger partial charge < -0.3 is 10.7 Å². The van der Waals surface area contributed by atoms with Gasteiger partial charge in [0.1, 0.15) is 0 Å². The number of H-pyrrole nitrogens is 1. The fraction of sp³-hybridized carbons (Fsp3) is 0.167. The highest BCUT2D eigenvalue weighted by molar-refractivity contribution is 5.84. The lowest BCUT2D eigenvalue weighted by atomic mass is 10.1. The van der Waals surface area contributed by atoms with E-state index in [-0.39, 0.29) is 0 Å². The van der Waals surface area contributed by atoms with Crippen molar-refractivity contribution in [3.05, 3.63) is 42.6 Å². The quantitative estimate of drug-likeness (QED) is 0.760. The predicted molar refractivity (Wildman–Crippen MR) is 61.0 cm³/mol. The maximum atomic E-state index is 5.49. The Morgan fingerprint density at radius 2 is 2.14 bits per heavy atom. The molecule has 0 saturated heterocycles. The number of nitrogens with two attached hydrogens (primary N) is 1. The third kappa shape index (κ3) is 1.56. The van der Waals surface area contributed by atoms with Crippen molar-refractivity contribution in [1.82, 2.24) is 4.98 Å². The SMILES string of the molecule is C=C(CCN)c1cc2ccccc2[nH]1. The zero-order chi connectivity index (χ0) is 9.97.